The number of amides is 1. The molecular weight excluding hydrogens is 318 g/mol. The van der Waals surface area contributed by atoms with E-state index in [0.29, 0.717) is 16.3 Å². The number of carboxylic acids is 1. The van der Waals surface area contributed by atoms with Crippen LogP contribution in [-0.4, -0.2) is 48.2 Å². The molecule has 2 aromatic carbocycles. The van der Waals surface area contributed by atoms with Gasteiger partial charge in [-0.25, -0.2) is 4.79 Å². The minimum atomic E-state index is -0.975. The quantitative estimate of drug-likeness (QED) is 0.912. The van der Waals surface area contributed by atoms with Gasteiger partial charge in [0.25, 0.3) is 5.91 Å². The number of hydrogen-bond donors (Lipinski definition) is 1. The van der Waals surface area contributed by atoms with Gasteiger partial charge in [-0.15, -0.1) is 0 Å². The Hall–Kier alpha value is -2.40. The summed E-state index contributed by atoms with van der Waals surface area (Å²) in [6.45, 7) is 3.08. The van der Waals surface area contributed by atoms with Gasteiger partial charge < -0.3 is 14.7 Å². The number of carbonyl (C=O) groups is 2. The lowest BCUT2D eigenvalue weighted by Gasteiger charge is -2.33. The van der Waals surface area contributed by atoms with E-state index in [-0.39, 0.29) is 16.9 Å². The second-order valence-electron chi connectivity index (χ2n) is 7.10. The number of rotatable bonds is 2. The molecule has 1 spiro atoms. The first-order valence-electron chi connectivity index (χ1n) is 8.72. The summed E-state index contributed by atoms with van der Waals surface area (Å²) in [6.07, 6.45) is 3.04. The van der Waals surface area contributed by atoms with Crippen LogP contribution in [0.3, 0.4) is 0 Å². The molecule has 2 aromatic rings. The Balaban J connectivity index is 1.67. The summed E-state index contributed by atoms with van der Waals surface area (Å²) in [5, 5.41) is 10.7. The number of carboxylic acid groups (broad SMARTS) is 1. The Labute approximate surface area is 146 Å². The van der Waals surface area contributed by atoms with Gasteiger partial charge in [-0.05, 0) is 47.6 Å². The van der Waals surface area contributed by atoms with E-state index in [9.17, 15) is 14.7 Å². The predicted molar refractivity (Wildman–Crippen MR) is 93.9 cm³/mol. The van der Waals surface area contributed by atoms with E-state index in [0.717, 1.165) is 45.6 Å². The maximum Gasteiger partial charge on any atom is 0.336 e. The average Bonchev–Trinajstić information content (AvgIpc) is 3.04. The number of ether oxygens (including phenoxy) is 1. The van der Waals surface area contributed by atoms with Crippen molar-refractivity contribution < 1.29 is 19.4 Å². The highest BCUT2D eigenvalue weighted by Gasteiger charge is 2.41. The minimum absolute atomic E-state index is 0.00324. The molecule has 5 heteroatoms. The Bertz CT molecular complexity index is 839. The Kier molecular flexibility index (Phi) is 3.96. The number of aromatic carboxylic acids is 1. The van der Waals surface area contributed by atoms with Gasteiger partial charge in [-0.1, -0.05) is 24.3 Å². The van der Waals surface area contributed by atoms with Crippen molar-refractivity contribution in [2.45, 2.75) is 19.3 Å². The van der Waals surface area contributed by atoms with Crippen molar-refractivity contribution in [2.24, 2.45) is 5.41 Å². The molecule has 0 bridgehead atoms. The molecule has 2 saturated heterocycles. The number of carbonyl (C=O) groups excluding carboxylic acids is 1. The van der Waals surface area contributed by atoms with Crippen LogP contribution in [0.5, 0.6) is 0 Å². The fourth-order valence-electron chi connectivity index (χ4n) is 4.17. The summed E-state index contributed by atoms with van der Waals surface area (Å²) >= 11 is 0. The van der Waals surface area contributed by atoms with Crippen LogP contribution in [-0.2, 0) is 4.74 Å². The van der Waals surface area contributed by atoms with Gasteiger partial charge in [0.15, 0.2) is 0 Å². The van der Waals surface area contributed by atoms with Gasteiger partial charge in [0.1, 0.15) is 0 Å². The number of nitrogens with zero attached hydrogens (tertiary/aromatic N) is 1. The number of likely N-dealkylation sites (tertiary alicyclic amines) is 1. The van der Waals surface area contributed by atoms with Crippen molar-refractivity contribution >= 4 is 22.6 Å². The molecule has 4 rings (SSSR count). The topological polar surface area (TPSA) is 66.8 Å². The fraction of sp³-hybridized carbons (Fsp3) is 0.400. The van der Waals surface area contributed by atoms with E-state index in [1.54, 1.807) is 30.3 Å². The molecule has 0 aromatic heterocycles. The average molecular weight is 339 g/mol. The SMILES string of the molecule is O=C(O)c1cccc2c(C(=O)N3CCC4(CCOCC4)C3)cccc12. The molecule has 0 radical (unpaired) electrons. The fourth-order valence-corrected chi connectivity index (χ4v) is 4.17. The van der Waals surface area contributed by atoms with E-state index in [1.165, 1.54) is 0 Å². The maximum atomic E-state index is 13.1. The molecule has 130 valence electrons. The van der Waals surface area contributed by atoms with Crippen LogP contribution >= 0.6 is 0 Å². The van der Waals surface area contributed by atoms with Gasteiger partial charge in [0.05, 0.1) is 5.56 Å². The number of benzene rings is 2. The van der Waals surface area contributed by atoms with Crippen LogP contribution in [0, 0.1) is 5.41 Å². The van der Waals surface area contributed by atoms with Crippen LogP contribution in [0.2, 0.25) is 0 Å². The second-order valence-corrected chi connectivity index (χ2v) is 7.10. The first-order valence-corrected chi connectivity index (χ1v) is 8.72. The van der Waals surface area contributed by atoms with Gasteiger partial charge in [0.2, 0.25) is 0 Å². The zero-order valence-corrected chi connectivity index (χ0v) is 14.0. The molecule has 0 atom stereocenters. The van der Waals surface area contributed by atoms with Crippen LogP contribution in [0.1, 0.15) is 40.0 Å². The van der Waals surface area contributed by atoms with Crippen molar-refractivity contribution in [3.05, 3.63) is 47.5 Å². The lowest BCUT2D eigenvalue weighted by Crippen LogP contribution is -2.35. The number of fused-ring (bicyclic) bond motifs is 1. The van der Waals surface area contributed by atoms with E-state index in [2.05, 4.69) is 0 Å². The zero-order chi connectivity index (χ0) is 17.4. The summed E-state index contributed by atoms with van der Waals surface area (Å²) in [7, 11) is 0. The van der Waals surface area contributed by atoms with Crippen molar-refractivity contribution in [2.75, 3.05) is 26.3 Å². The third-order valence-corrected chi connectivity index (χ3v) is 5.66. The molecule has 2 aliphatic heterocycles. The third-order valence-electron chi connectivity index (χ3n) is 5.66. The van der Waals surface area contributed by atoms with Crippen molar-refractivity contribution in [3.8, 4) is 0 Å². The summed E-state index contributed by atoms with van der Waals surface area (Å²) in [5.41, 5.74) is 1.02. The standard InChI is InChI=1S/C20H21NO4/c22-18(21-10-7-20(13-21)8-11-25-12-9-20)16-5-1-4-15-14(16)3-2-6-17(15)19(23)24/h1-6H,7-13H2,(H,23,24). The van der Waals surface area contributed by atoms with Gasteiger partial charge in [0, 0.05) is 31.9 Å². The van der Waals surface area contributed by atoms with E-state index in [4.69, 9.17) is 4.74 Å². The highest BCUT2D eigenvalue weighted by Crippen LogP contribution is 2.40. The lowest BCUT2D eigenvalue weighted by atomic mass is 9.80. The first kappa shape index (κ1) is 16.1. The van der Waals surface area contributed by atoms with Gasteiger partial charge in [-0.2, -0.15) is 0 Å². The van der Waals surface area contributed by atoms with Gasteiger partial charge in [-0.3, -0.25) is 4.79 Å². The third kappa shape index (κ3) is 2.78. The maximum absolute atomic E-state index is 13.1. The molecule has 5 nitrogen and oxygen atoms in total. The number of hydrogen-bond acceptors (Lipinski definition) is 3. The van der Waals surface area contributed by atoms with Crippen LogP contribution in [0.4, 0.5) is 0 Å². The van der Waals surface area contributed by atoms with E-state index < -0.39 is 5.97 Å². The summed E-state index contributed by atoms with van der Waals surface area (Å²) in [4.78, 5) is 26.5. The molecule has 1 amide bonds. The Morgan fingerprint density at radius 3 is 2.28 bits per heavy atom. The minimum Gasteiger partial charge on any atom is -0.478 e. The smallest absolute Gasteiger partial charge is 0.336 e. The van der Waals surface area contributed by atoms with Crippen molar-refractivity contribution in [3.63, 3.8) is 0 Å². The molecule has 1 N–H and O–H groups in total. The molecule has 0 aliphatic carbocycles. The van der Waals surface area contributed by atoms with E-state index in [1.807, 2.05) is 11.0 Å². The van der Waals surface area contributed by atoms with Gasteiger partial charge >= 0.3 is 5.97 Å². The largest absolute Gasteiger partial charge is 0.478 e. The Morgan fingerprint density at radius 2 is 1.60 bits per heavy atom. The molecule has 2 aliphatic rings. The predicted octanol–water partition coefficient (Wildman–Crippen LogP) is 3.18. The second kappa shape index (κ2) is 6.15. The normalized spacial score (nSPS) is 19.4. The highest BCUT2D eigenvalue weighted by molar-refractivity contribution is 6.12. The summed E-state index contributed by atoms with van der Waals surface area (Å²) in [6, 6.07) is 10.4. The molecule has 2 fully saturated rings. The Morgan fingerprint density at radius 1 is 0.960 bits per heavy atom. The highest BCUT2D eigenvalue weighted by atomic mass is 16.5. The van der Waals surface area contributed by atoms with E-state index >= 15 is 0 Å². The zero-order valence-electron chi connectivity index (χ0n) is 14.0. The first-order chi connectivity index (χ1) is 12.1. The molecule has 25 heavy (non-hydrogen) atoms. The monoisotopic (exact) mass is 339 g/mol. The molecule has 2 heterocycles. The van der Waals surface area contributed by atoms with Crippen LogP contribution < -0.4 is 0 Å². The molecule has 0 unspecified atom stereocenters. The molecular formula is C20H21NO4. The van der Waals surface area contributed by atoms with Crippen LogP contribution in [0.15, 0.2) is 36.4 Å². The summed E-state index contributed by atoms with van der Waals surface area (Å²) < 4.78 is 5.47. The lowest BCUT2D eigenvalue weighted by molar-refractivity contribution is 0.0191. The van der Waals surface area contributed by atoms with Crippen LogP contribution in [0.25, 0.3) is 10.8 Å². The summed E-state index contributed by atoms with van der Waals surface area (Å²) in [5.74, 6) is -0.978. The van der Waals surface area contributed by atoms with Crippen molar-refractivity contribution in [1.29, 1.82) is 0 Å². The molecule has 0 saturated carbocycles. The van der Waals surface area contributed by atoms with Crippen molar-refractivity contribution in [1.82, 2.24) is 4.90 Å².